The number of halogens is 1. The Bertz CT molecular complexity index is 1240. The van der Waals surface area contributed by atoms with E-state index < -0.39 is 36.3 Å². The molecule has 7 nitrogen and oxygen atoms in total. The number of anilines is 1. The highest BCUT2D eigenvalue weighted by atomic mass is 79.9. The molecule has 1 N–H and O–H groups in total. The smallest absolute Gasteiger partial charge is 0.338 e. The van der Waals surface area contributed by atoms with Crippen LogP contribution in [-0.4, -0.2) is 35.2 Å². The van der Waals surface area contributed by atoms with Gasteiger partial charge < -0.3 is 10.1 Å². The molecule has 0 spiro atoms. The fraction of sp³-hybridized carbons (Fsp3) is 0.120. The number of nitrogens with zero attached hydrogens (tertiary/aromatic N) is 1. The molecule has 1 aliphatic rings. The Morgan fingerprint density at radius 3 is 2.30 bits per heavy atom. The van der Waals surface area contributed by atoms with Gasteiger partial charge in [-0.1, -0.05) is 46.3 Å². The molecular weight excluding hydrogens is 488 g/mol. The van der Waals surface area contributed by atoms with Crippen molar-refractivity contribution in [1.29, 1.82) is 0 Å². The summed E-state index contributed by atoms with van der Waals surface area (Å²) in [5.74, 6) is -2.16. The summed E-state index contributed by atoms with van der Waals surface area (Å²) in [6, 6.07) is 19.9. The van der Waals surface area contributed by atoms with E-state index in [1.807, 2.05) is 30.3 Å². The zero-order valence-corrected chi connectivity index (χ0v) is 19.2. The van der Waals surface area contributed by atoms with Gasteiger partial charge in [-0.05, 0) is 55.0 Å². The lowest BCUT2D eigenvalue weighted by molar-refractivity contribution is -0.119. The van der Waals surface area contributed by atoms with Crippen molar-refractivity contribution in [3.05, 3.63) is 99.5 Å². The van der Waals surface area contributed by atoms with Crippen molar-refractivity contribution in [2.75, 3.05) is 11.9 Å². The van der Waals surface area contributed by atoms with Gasteiger partial charge in [0.1, 0.15) is 0 Å². The van der Waals surface area contributed by atoms with Gasteiger partial charge in [-0.15, -0.1) is 0 Å². The van der Waals surface area contributed by atoms with Crippen LogP contribution in [0, 0.1) is 0 Å². The average Bonchev–Trinajstić information content (AvgIpc) is 3.08. The highest BCUT2D eigenvalue weighted by Gasteiger charge is 2.39. The summed E-state index contributed by atoms with van der Waals surface area (Å²) in [5, 5.41) is 2.62. The topological polar surface area (TPSA) is 92.8 Å². The van der Waals surface area contributed by atoms with E-state index >= 15 is 0 Å². The van der Waals surface area contributed by atoms with Gasteiger partial charge in [0.25, 0.3) is 17.7 Å². The standard InChI is InChI=1S/C25H19BrN2O5/c1-15(16-5-3-2-4-6-16)28-23(30)20-12-7-17(13-21(20)24(28)31)25(32)33-14-22(29)27-19-10-8-18(26)9-11-19/h2-13,15H,14H2,1H3,(H,27,29)/t15-/m1/s1. The van der Waals surface area contributed by atoms with Crippen molar-refractivity contribution >= 4 is 45.3 Å². The zero-order valence-electron chi connectivity index (χ0n) is 17.6. The van der Waals surface area contributed by atoms with Gasteiger partial charge in [0.05, 0.1) is 22.7 Å². The molecule has 0 radical (unpaired) electrons. The van der Waals surface area contributed by atoms with Crippen LogP contribution in [-0.2, 0) is 9.53 Å². The van der Waals surface area contributed by atoms with E-state index in [2.05, 4.69) is 21.2 Å². The predicted molar refractivity (Wildman–Crippen MR) is 125 cm³/mol. The molecule has 0 unspecified atom stereocenters. The lowest BCUT2D eigenvalue weighted by Gasteiger charge is -2.22. The number of ether oxygens (including phenoxy) is 1. The maximum Gasteiger partial charge on any atom is 0.338 e. The Labute approximate surface area is 198 Å². The van der Waals surface area contributed by atoms with Crippen molar-refractivity contribution in [2.24, 2.45) is 0 Å². The van der Waals surface area contributed by atoms with Crippen molar-refractivity contribution in [3.63, 3.8) is 0 Å². The van der Waals surface area contributed by atoms with Gasteiger partial charge in [-0.2, -0.15) is 0 Å². The number of carbonyl (C=O) groups is 4. The maximum atomic E-state index is 13.0. The molecule has 3 aromatic rings. The number of nitrogens with one attached hydrogen (secondary N) is 1. The average molecular weight is 507 g/mol. The van der Waals surface area contributed by atoms with Crippen LogP contribution in [0.1, 0.15) is 49.6 Å². The van der Waals surface area contributed by atoms with Crippen LogP contribution in [0.2, 0.25) is 0 Å². The molecule has 166 valence electrons. The van der Waals surface area contributed by atoms with E-state index in [4.69, 9.17) is 4.74 Å². The van der Waals surface area contributed by atoms with Crippen LogP contribution in [0.15, 0.2) is 77.3 Å². The van der Waals surface area contributed by atoms with Crippen molar-refractivity contribution in [3.8, 4) is 0 Å². The minimum atomic E-state index is -0.765. The van der Waals surface area contributed by atoms with E-state index in [0.717, 1.165) is 10.0 Å². The first-order chi connectivity index (χ1) is 15.8. The van der Waals surface area contributed by atoms with Crippen LogP contribution < -0.4 is 5.32 Å². The van der Waals surface area contributed by atoms with Crippen molar-refractivity contribution < 1.29 is 23.9 Å². The zero-order chi connectivity index (χ0) is 23.5. The van der Waals surface area contributed by atoms with E-state index in [-0.39, 0.29) is 16.7 Å². The van der Waals surface area contributed by atoms with E-state index in [9.17, 15) is 19.2 Å². The molecule has 0 saturated heterocycles. The summed E-state index contributed by atoms with van der Waals surface area (Å²) >= 11 is 3.31. The van der Waals surface area contributed by atoms with Crippen LogP contribution in [0.4, 0.5) is 5.69 Å². The molecule has 1 atom stereocenters. The molecule has 0 aliphatic carbocycles. The number of fused-ring (bicyclic) bond motifs is 1. The highest BCUT2D eigenvalue weighted by Crippen LogP contribution is 2.31. The largest absolute Gasteiger partial charge is 0.452 e. The highest BCUT2D eigenvalue weighted by molar-refractivity contribution is 9.10. The third-order valence-corrected chi connectivity index (χ3v) is 5.81. The number of hydrogen-bond donors (Lipinski definition) is 1. The first kappa shape index (κ1) is 22.4. The summed E-state index contributed by atoms with van der Waals surface area (Å²) in [6.07, 6.45) is 0. The molecule has 8 heteroatoms. The summed E-state index contributed by atoms with van der Waals surface area (Å²) in [6.45, 7) is 1.28. The molecule has 3 aromatic carbocycles. The van der Waals surface area contributed by atoms with Gasteiger partial charge in [0.15, 0.2) is 6.61 Å². The lowest BCUT2D eigenvalue weighted by atomic mass is 10.1. The first-order valence-corrected chi connectivity index (χ1v) is 10.9. The molecule has 0 saturated carbocycles. The number of benzene rings is 3. The number of esters is 1. The summed E-state index contributed by atoms with van der Waals surface area (Å²) in [4.78, 5) is 51.5. The fourth-order valence-corrected chi connectivity index (χ4v) is 3.83. The van der Waals surface area contributed by atoms with Gasteiger partial charge >= 0.3 is 5.97 Å². The molecule has 3 amide bonds. The van der Waals surface area contributed by atoms with E-state index in [0.29, 0.717) is 5.69 Å². The molecule has 4 rings (SSSR count). The first-order valence-electron chi connectivity index (χ1n) is 10.1. The van der Waals surface area contributed by atoms with Crippen LogP contribution >= 0.6 is 15.9 Å². The van der Waals surface area contributed by atoms with E-state index in [1.165, 1.54) is 23.1 Å². The number of imide groups is 1. The molecule has 0 aromatic heterocycles. The second-order valence-corrected chi connectivity index (χ2v) is 8.37. The molecule has 1 heterocycles. The second-order valence-electron chi connectivity index (χ2n) is 7.46. The summed E-state index contributed by atoms with van der Waals surface area (Å²) in [5.41, 5.74) is 1.83. The summed E-state index contributed by atoms with van der Waals surface area (Å²) in [7, 11) is 0. The van der Waals surface area contributed by atoms with Crippen LogP contribution in [0.5, 0.6) is 0 Å². The number of carbonyl (C=O) groups excluding carboxylic acids is 4. The lowest BCUT2D eigenvalue weighted by Crippen LogP contribution is -2.32. The minimum absolute atomic E-state index is 0.0838. The van der Waals surface area contributed by atoms with Gasteiger partial charge in [0, 0.05) is 10.2 Å². The van der Waals surface area contributed by atoms with Crippen LogP contribution in [0.25, 0.3) is 0 Å². The Kier molecular flexibility index (Phi) is 6.37. The van der Waals surface area contributed by atoms with Gasteiger partial charge in [0.2, 0.25) is 0 Å². The Hall–Kier alpha value is -3.78. The minimum Gasteiger partial charge on any atom is -0.452 e. The third-order valence-electron chi connectivity index (χ3n) is 5.29. The molecule has 0 bridgehead atoms. The quantitative estimate of drug-likeness (QED) is 0.389. The fourth-order valence-electron chi connectivity index (χ4n) is 3.56. The molecule has 1 aliphatic heterocycles. The maximum absolute atomic E-state index is 13.0. The number of hydrogen-bond acceptors (Lipinski definition) is 5. The van der Waals surface area contributed by atoms with Crippen molar-refractivity contribution in [2.45, 2.75) is 13.0 Å². The predicted octanol–water partition coefficient (Wildman–Crippen LogP) is 4.60. The molecule has 0 fully saturated rings. The van der Waals surface area contributed by atoms with Crippen LogP contribution in [0.3, 0.4) is 0 Å². The SMILES string of the molecule is C[C@H](c1ccccc1)N1C(=O)c2ccc(C(=O)OCC(=O)Nc3ccc(Br)cc3)cc2C1=O. The van der Waals surface area contributed by atoms with Crippen molar-refractivity contribution in [1.82, 2.24) is 4.90 Å². The monoisotopic (exact) mass is 506 g/mol. The summed E-state index contributed by atoms with van der Waals surface area (Å²) < 4.78 is 5.95. The van der Waals surface area contributed by atoms with Gasteiger partial charge in [-0.25, -0.2) is 4.79 Å². The Morgan fingerprint density at radius 1 is 0.939 bits per heavy atom. The normalized spacial score (nSPS) is 13.5. The number of amides is 3. The Balaban J connectivity index is 1.43. The van der Waals surface area contributed by atoms with E-state index in [1.54, 1.807) is 31.2 Å². The third kappa shape index (κ3) is 4.70. The number of rotatable bonds is 6. The second kappa shape index (κ2) is 9.38. The van der Waals surface area contributed by atoms with Gasteiger partial charge in [-0.3, -0.25) is 19.3 Å². The molecule has 33 heavy (non-hydrogen) atoms. The molecular formula is C25H19BrN2O5. The Morgan fingerprint density at radius 2 is 1.61 bits per heavy atom.